The first-order valence-corrected chi connectivity index (χ1v) is 12.6. The Hall–Kier alpha value is -3.27. The van der Waals surface area contributed by atoms with Crippen LogP contribution in [0, 0.1) is 5.82 Å². The molecule has 186 valence electrons. The second kappa shape index (κ2) is 10.2. The highest BCUT2D eigenvalue weighted by Gasteiger charge is 2.38. The minimum atomic E-state index is -0.601. The van der Waals surface area contributed by atoms with Crippen LogP contribution in [0.1, 0.15) is 67.1 Å². The van der Waals surface area contributed by atoms with Gasteiger partial charge < -0.3 is 15.0 Å². The van der Waals surface area contributed by atoms with E-state index in [0.717, 1.165) is 16.4 Å². The topological polar surface area (TPSA) is 89.4 Å². The Labute approximate surface area is 208 Å². The quantitative estimate of drug-likeness (QED) is 0.548. The first-order valence-electron chi connectivity index (χ1n) is 11.7. The van der Waals surface area contributed by atoms with Gasteiger partial charge in [0.15, 0.2) is 0 Å². The third-order valence-electron chi connectivity index (χ3n) is 5.80. The van der Waals surface area contributed by atoms with Crippen molar-refractivity contribution >= 4 is 23.3 Å². The zero-order valence-corrected chi connectivity index (χ0v) is 21.1. The molecule has 2 aromatic heterocycles. The molecule has 0 saturated carbocycles. The van der Waals surface area contributed by atoms with Crippen LogP contribution >= 0.6 is 11.3 Å². The number of carbonyl (C=O) groups is 2. The Morgan fingerprint density at radius 3 is 2.63 bits per heavy atom. The number of aromatic nitrogens is 3. The number of amides is 2. The van der Waals surface area contributed by atoms with Crippen molar-refractivity contribution in [1.29, 1.82) is 0 Å². The molecule has 10 heteroatoms. The summed E-state index contributed by atoms with van der Waals surface area (Å²) in [5.41, 5.74) is 1.40. The molecule has 4 rings (SSSR count). The van der Waals surface area contributed by atoms with E-state index in [0.29, 0.717) is 31.7 Å². The van der Waals surface area contributed by atoms with Gasteiger partial charge in [-0.1, -0.05) is 0 Å². The van der Waals surface area contributed by atoms with E-state index in [1.165, 1.54) is 23.5 Å². The molecule has 1 fully saturated rings. The fourth-order valence-corrected chi connectivity index (χ4v) is 5.25. The SMILES string of the molecule is CCNC(=O)c1csc(C2CCN(C(=O)OC(C)(C)C)CC2c2ccnn2-c2ccc(F)cc2)n1. The summed E-state index contributed by atoms with van der Waals surface area (Å²) in [7, 11) is 0. The maximum absolute atomic E-state index is 13.5. The second-order valence-corrected chi connectivity index (χ2v) is 10.4. The molecule has 2 atom stereocenters. The monoisotopic (exact) mass is 499 g/mol. The minimum Gasteiger partial charge on any atom is -0.444 e. The van der Waals surface area contributed by atoms with Crippen LogP contribution in [-0.4, -0.2) is 56.9 Å². The van der Waals surface area contributed by atoms with Crippen molar-refractivity contribution < 1.29 is 18.7 Å². The Morgan fingerprint density at radius 2 is 1.94 bits per heavy atom. The summed E-state index contributed by atoms with van der Waals surface area (Å²) in [6.45, 7) is 8.84. The van der Waals surface area contributed by atoms with Crippen molar-refractivity contribution in [3.63, 3.8) is 0 Å². The van der Waals surface area contributed by atoms with E-state index < -0.39 is 5.60 Å². The third kappa shape index (κ3) is 5.70. The van der Waals surface area contributed by atoms with Gasteiger partial charge in [-0.2, -0.15) is 5.10 Å². The number of thiazole rings is 1. The Balaban J connectivity index is 1.69. The molecule has 1 aliphatic rings. The lowest BCUT2D eigenvalue weighted by molar-refractivity contribution is 0.0181. The van der Waals surface area contributed by atoms with Crippen LogP contribution in [0.4, 0.5) is 9.18 Å². The summed E-state index contributed by atoms with van der Waals surface area (Å²) < 4.78 is 20.9. The number of ether oxygens (including phenoxy) is 1. The molecule has 1 aromatic carbocycles. The number of nitrogens with one attached hydrogen (secondary N) is 1. The van der Waals surface area contributed by atoms with Gasteiger partial charge in [-0.05, 0) is 64.4 Å². The van der Waals surface area contributed by atoms with Gasteiger partial charge in [0.2, 0.25) is 0 Å². The molecule has 0 spiro atoms. The maximum atomic E-state index is 13.5. The summed E-state index contributed by atoms with van der Waals surface area (Å²) in [5.74, 6) is -0.710. The number of halogens is 1. The number of hydrogen-bond donors (Lipinski definition) is 1. The molecule has 2 amide bonds. The normalized spacial score (nSPS) is 18.4. The largest absolute Gasteiger partial charge is 0.444 e. The van der Waals surface area contributed by atoms with Crippen molar-refractivity contribution in [1.82, 2.24) is 25.0 Å². The van der Waals surface area contributed by atoms with Crippen molar-refractivity contribution in [2.75, 3.05) is 19.6 Å². The number of likely N-dealkylation sites (tertiary alicyclic amines) is 1. The molecule has 0 bridgehead atoms. The van der Waals surface area contributed by atoms with Crippen molar-refractivity contribution in [3.05, 3.63) is 64.1 Å². The molecule has 0 radical (unpaired) electrons. The number of nitrogens with zero attached hydrogens (tertiary/aromatic N) is 4. The van der Waals surface area contributed by atoms with Gasteiger partial charge in [0.25, 0.3) is 5.91 Å². The fraction of sp³-hybridized carbons (Fsp3) is 0.440. The summed E-state index contributed by atoms with van der Waals surface area (Å²) in [5, 5.41) is 9.88. The molecule has 2 unspecified atom stereocenters. The van der Waals surface area contributed by atoms with Gasteiger partial charge in [0.1, 0.15) is 17.1 Å². The van der Waals surface area contributed by atoms with Crippen molar-refractivity contribution in [2.24, 2.45) is 0 Å². The van der Waals surface area contributed by atoms with Gasteiger partial charge in [-0.15, -0.1) is 11.3 Å². The lowest BCUT2D eigenvalue weighted by Gasteiger charge is -2.38. The first kappa shape index (κ1) is 24.8. The summed E-state index contributed by atoms with van der Waals surface area (Å²) in [4.78, 5) is 31.6. The zero-order chi connectivity index (χ0) is 25.2. The van der Waals surface area contributed by atoms with Crippen LogP contribution in [0.3, 0.4) is 0 Å². The van der Waals surface area contributed by atoms with E-state index in [-0.39, 0.29) is 29.7 Å². The molecule has 1 N–H and O–H groups in total. The van der Waals surface area contributed by atoms with E-state index in [2.05, 4.69) is 15.4 Å². The molecular weight excluding hydrogens is 469 g/mol. The maximum Gasteiger partial charge on any atom is 0.410 e. The number of hydrogen-bond acceptors (Lipinski definition) is 6. The summed E-state index contributed by atoms with van der Waals surface area (Å²) in [6, 6.07) is 8.05. The number of rotatable bonds is 5. The molecule has 8 nitrogen and oxygen atoms in total. The molecule has 35 heavy (non-hydrogen) atoms. The fourth-order valence-electron chi connectivity index (χ4n) is 4.25. The van der Waals surface area contributed by atoms with Gasteiger partial charge in [0.05, 0.1) is 10.7 Å². The number of piperidine rings is 1. The van der Waals surface area contributed by atoms with Gasteiger partial charge in [0, 0.05) is 48.7 Å². The highest BCUT2D eigenvalue weighted by atomic mass is 32.1. The Bertz CT molecular complexity index is 1180. The number of benzene rings is 1. The third-order valence-corrected chi connectivity index (χ3v) is 6.77. The average molecular weight is 500 g/mol. The number of carbonyl (C=O) groups excluding carboxylic acids is 2. The lowest BCUT2D eigenvalue weighted by atomic mass is 9.83. The second-order valence-electron chi connectivity index (χ2n) is 9.50. The lowest BCUT2D eigenvalue weighted by Crippen LogP contribution is -2.44. The average Bonchev–Trinajstić information content (AvgIpc) is 3.48. The molecular formula is C25H30FN5O3S. The predicted octanol–water partition coefficient (Wildman–Crippen LogP) is 4.73. The zero-order valence-electron chi connectivity index (χ0n) is 20.3. The van der Waals surface area contributed by atoms with Gasteiger partial charge in [-0.25, -0.2) is 18.9 Å². The molecule has 0 aliphatic carbocycles. The van der Waals surface area contributed by atoms with E-state index >= 15 is 0 Å². The molecule has 3 aromatic rings. The Kier molecular flexibility index (Phi) is 7.20. The van der Waals surface area contributed by atoms with E-state index in [9.17, 15) is 14.0 Å². The highest BCUT2D eigenvalue weighted by Crippen LogP contribution is 2.41. The van der Waals surface area contributed by atoms with E-state index in [1.807, 2.05) is 33.8 Å². The summed E-state index contributed by atoms with van der Waals surface area (Å²) >= 11 is 1.45. The van der Waals surface area contributed by atoms with E-state index in [4.69, 9.17) is 4.74 Å². The van der Waals surface area contributed by atoms with E-state index in [1.54, 1.807) is 33.3 Å². The van der Waals surface area contributed by atoms with Crippen LogP contribution in [0.15, 0.2) is 41.9 Å². The van der Waals surface area contributed by atoms with Crippen LogP contribution < -0.4 is 5.32 Å². The molecule has 1 saturated heterocycles. The van der Waals surface area contributed by atoms with Crippen LogP contribution in [-0.2, 0) is 4.74 Å². The predicted molar refractivity (Wildman–Crippen MR) is 132 cm³/mol. The van der Waals surface area contributed by atoms with Crippen LogP contribution in [0.2, 0.25) is 0 Å². The van der Waals surface area contributed by atoms with Crippen LogP contribution in [0.5, 0.6) is 0 Å². The highest BCUT2D eigenvalue weighted by molar-refractivity contribution is 7.10. The molecule has 1 aliphatic heterocycles. The van der Waals surface area contributed by atoms with Crippen molar-refractivity contribution in [2.45, 2.75) is 51.6 Å². The van der Waals surface area contributed by atoms with Gasteiger partial charge in [-0.3, -0.25) is 4.79 Å². The smallest absolute Gasteiger partial charge is 0.410 e. The Morgan fingerprint density at radius 1 is 1.20 bits per heavy atom. The van der Waals surface area contributed by atoms with Crippen molar-refractivity contribution in [3.8, 4) is 5.69 Å². The van der Waals surface area contributed by atoms with Gasteiger partial charge >= 0.3 is 6.09 Å². The molecule has 3 heterocycles. The standard InChI is InChI=1S/C25H30FN5O3S/c1-5-27-22(32)20-15-35-23(29-20)18-11-13-30(24(33)34-25(2,3)4)14-19(18)21-10-12-28-31(21)17-8-6-16(26)7-9-17/h6-10,12,15,18-19H,5,11,13-14H2,1-4H3,(H,27,32). The first-order chi connectivity index (χ1) is 16.7. The minimum absolute atomic E-state index is 0.0299. The van der Waals surface area contributed by atoms with Crippen LogP contribution in [0.25, 0.3) is 5.69 Å². The summed E-state index contributed by atoms with van der Waals surface area (Å²) in [6.07, 6.45) is 1.99.